The molecule has 1 atom stereocenters. The molecule has 5 nitrogen and oxygen atoms in total. The summed E-state index contributed by atoms with van der Waals surface area (Å²) in [6, 6.07) is 0. The molecule has 1 heterocycles. The zero-order chi connectivity index (χ0) is 12.1. The molecular formula is C12H21N3O2. The molecule has 0 aliphatic heterocycles. The predicted octanol–water partition coefficient (Wildman–Crippen LogP) is 2.06. The fourth-order valence-corrected chi connectivity index (χ4v) is 2.55. The normalized spacial score (nSPS) is 19.4. The van der Waals surface area contributed by atoms with E-state index >= 15 is 0 Å². The Bertz CT molecular complexity index is 334. The van der Waals surface area contributed by atoms with Crippen LogP contribution in [0.1, 0.15) is 49.9 Å². The maximum absolute atomic E-state index is 5.56. The van der Waals surface area contributed by atoms with Crippen LogP contribution in [0.15, 0.2) is 4.52 Å². The molecule has 1 N–H and O–H groups in total. The first kappa shape index (κ1) is 12.5. The second kappa shape index (κ2) is 6.12. The molecule has 2 rings (SSSR count). The number of aromatic nitrogens is 2. The molecule has 5 heteroatoms. The van der Waals surface area contributed by atoms with Gasteiger partial charge in [0.1, 0.15) is 6.10 Å². The van der Waals surface area contributed by atoms with Crippen LogP contribution >= 0.6 is 0 Å². The molecule has 1 saturated carbocycles. The average Bonchev–Trinajstić information content (AvgIpc) is 2.81. The van der Waals surface area contributed by atoms with Crippen LogP contribution in [-0.2, 0) is 11.3 Å². The fourth-order valence-electron chi connectivity index (χ4n) is 2.55. The Labute approximate surface area is 102 Å². The van der Waals surface area contributed by atoms with Gasteiger partial charge in [-0.2, -0.15) is 4.98 Å². The average molecular weight is 239 g/mol. The number of ether oxygens (including phenoxy) is 1. The van der Waals surface area contributed by atoms with Gasteiger partial charge >= 0.3 is 0 Å². The molecule has 1 aliphatic rings. The maximum Gasteiger partial charge on any atom is 0.240 e. The van der Waals surface area contributed by atoms with Crippen LogP contribution in [0.2, 0.25) is 0 Å². The van der Waals surface area contributed by atoms with Crippen LogP contribution in [0.25, 0.3) is 0 Å². The number of rotatable bonds is 5. The van der Waals surface area contributed by atoms with Gasteiger partial charge in [-0.3, -0.25) is 0 Å². The lowest BCUT2D eigenvalue weighted by molar-refractivity contribution is 0.0273. The Morgan fingerprint density at radius 2 is 2.18 bits per heavy atom. The van der Waals surface area contributed by atoms with Crippen molar-refractivity contribution in [3.63, 3.8) is 0 Å². The second-order valence-corrected chi connectivity index (χ2v) is 4.63. The minimum Gasteiger partial charge on any atom is -0.373 e. The second-order valence-electron chi connectivity index (χ2n) is 4.63. The quantitative estimate of drug-likeness (QED) is 0.852. The first-order valence-corrected chi connectivity index (χ1v) is 6.35. The molecular weight excluding hydrogens is 218 g/mol. The van der Waals surface area contributed by atoms with Crippen molar-refractivity contribution < 1.29 is 9.26 Å². The third-order valence-corrected chi connectivity index (χ3v) is 3.40. The van der Waals surface area contributed by atoms with Crippen LogP contribution in [0, 0.1) is 5.92 Å². The molecule has 17 heavy (non-hydrogen) atoms. The van der Waals surface area contributed by atoms with Crippen LogP contribution < -0.4 is 5.32 Å². The van der Waals surface area contributed by atoms with Crippen LogP contribution in [-0.4, -0.2) is 24.3 Å². The van der Waals surface area contributed by atoms with Gasteiger partial charge in [-0.05, 0) is 25.8 Å². The monoisotopic (exact) mass is 239 g/mol. The van der Waals surface area contributed by atoms with Crippen LogP contribution in [0.4, 0.5) is 0 Å². The summed E-state index contributed by atoms with van der Waals surface area (Å²) in [6.07, 6.45) is 6.30. The van der Waals surface area contributed by atoms with Crippen molar-refractivity contribution in [2.75, 3.05) is 14.2 Å². The number of methoxy groups -OCH3 is 1. The van der Waals surface area contributed by atoms with Crippen molar-refractivity contribution in [1.29, 1.82) is 0 Å². The van der Waals surface area contributed by atoms with Crippen LogP contribution in [0.3, 0.4) is 0 Å². The Kier molecular flexibility index (Phi) is 4.50. The summed E-state index contributed by atoms with van der Waals surface area (Å²) >= 11 is 0. The summed E-state index contributed by atoms with van der Waals surface area (Å²) in [7, 11) is 3.59. The van der Waals surface area contributed by atoms with Gasteiger partial charge in [0.25, 0.3) is 0 Å². The molecule has 0 bridgehead atoms. The fraction of sp³-hybridized carbons (Fsp3) is 0.833. The van der Waals surface area contributed by atoms with Gasteiger partial charge in [0.15, 0.2) is 0 Å². The number of hydrogen-bond donors (Lipinski definition) is 1. The molecule has 0 aromatic carbocycles. The third-order valence-electron chi connectivity index (χ3n) is 3.40. The van der Waals surface area contributed by atoms with E-state index in [2.05, 4.69) is 15.5 Å². The van der Waals surface area contributed by atoms with Gasteiger partial charge in [0, 0.05) is 7.11 Å². The van der Waals surface area contributed by atoms with Crippen molar-refractivity contribution in [3.05, 3.63) is 11.7 Å². The lowest BCUT2D eigenvalue weighted by atomic mass is 9.85. The van der Waals surface area contributed by atoms with Gasteiger partial charge in [-0.1, -0.05) is 24.4 Å². The number of hydrogen-bond acceptors (Lipinski definition) is 5. The van der Waals surface area contributed by atoms with E-state index in [1.54, 1.807) is 7.11 Å². The summed E-state index contributed by atoms with van der Waals surface area (Å²) in [4.78, 5) is 4.38. The molecule has 96 valence electrons. The molecule has 1 unspecified atom stereocenters. The van der Waals surface area contributed by atoms with E-state index in [0.29, 0.717) is 24.2 Å². The predicted molar refractivity (Wildman–Crippen MR) is 63.4 cm³/mol. The van der Waals surface area contributed by atoms with E-state index in [0.717, 1.165) is 0 Å². The van der Waals surface area contributed by atoms with Crippen molar-refractivity contribution in [2.45, 2.75) is 44.8 Å². The summed E-state index contributed by atoms with van der Waals surface area (Å²) in [5.41, 5.74) is 0. The number of nitrogens with zero attached hydrogens (tertiary/aromatic N) is 2. The van der Waals surface area contributed by atoms with E-state index in [1.165, 1.54) is 32.1 Å². The van der Waals surface area contributed by atoms with E-state index < -0.39 is 0 Å². The van der Waals surface area contributed by atoms with Crippen molar-refractivity contribution in [3.8, 4) is 0 Å². The SMILES string of the molecule is CNCc1nc(C(OC)C2CCCCC2)no1. The summed E-state index contributed by atoms with van der Waals surface area (Å²) in [6.45, 7) is 0.605. The highest BCUT2D eigenvalue weighted by Crippen LogP contribution is 2.35. The Morgan fingerprint density at radius 3 is 2.82 bits per heavy atom. The smallest absolute Gasteiger partial charge is 0.240 e. The highest BCUT2D eigenvalue weighted by atomic mass is 16.5. The Balaban J connectivity index is 2.04. The van der Waals surface area contributed by atoms with Crippen LogP contribution in [0.5, 0.6) is 0 Å². The zero-order valence-corrected chi connectivity index (χ0v) is 10.6. The molecule has 0 amide bonds. The summed E-state index contributed by atoms with van der Waals surface area (Å²) < 4.78 is 10.7. The van der Waals surface area contributed by atoms with E-state index in [4.69, 9.17) is 9.26 Å². The summed E-state index contributed by atoms with van der Waals surface area (Å²) in [5, 5.41) is 7.03. The molecule has 1 aromatic heterocycles. The molecule has 0 spiro atoms. The molecule has 0 saturated heterocycles. The van der Waals surface area contributed by atoms with Crippen molar-refractivity contribution in [1.82, 2.24) is 15.5 Å². The number of nitrogens with one attached hydrogen (secondary N) is 1. The van der Waals surface area contributed by atoms with Gasteiger partial charge in [-0.15, -0.1) is 0 Å². The van der Waals surface area contributed by atoms with Gasteiger partial charge in [0.2, 0.25) is 11.7 Å². The minimum atomic E-state index is -0.00958. The van der Waals surface area contributed by atoms with Gasteiger partial charge < -0.3 is 14.6 Å². The Hall–Kier alpha value is -0.940. The molecule has 1 fully saturated rings. The van der Waals surface area contributed by atoms with Gasteiger partial charge in [-0.25, -0.2) is 0 Å². The maximum atomic E-state index is 5.56. The topological polar surface area (TPSA) is 60.2 Å². The van der Waals surface area contributed by atoms with Gasteiger partial charge in [0.05, 0.1) is 6.54 Å². The van der Waals surface area contributed by atoms with Crippen molar-refractivity contribution in [2.24, 2.45) is 5.92 Å². The lowest BCUT2D eigenvalue weighted by Crippen LogP contribution is -2.19. The molecule has 1 aliphatic carbocycles. The van der Waals surface area contributed by atoms with E-state index in [-0.39, 0.29) is 6.10 Å². The molecule has 0 radical (unpaired) electrons. The van der Waals surface area contributed by atoms with E-state index in [1.807, 2.05) is 7.05 Å². The van der Waals surface area contributed by atoms with E-state index in [9.17, 15) is 0 Å². The molecule has 1 aromatic rings. The third kappa shape index (κ3) is 3.04. The van der Waals surface area contributed by atoms with Crippen molar-refractivity contribution >= 4 is 0 Å². The zero-order valence-electron chi connectivity index (χ0n) is 10.6. The largest absolute Gasteiger partial charge is 0.373 e. The lowest BCUT2D eigenvalue weighted by Gasteiger charge is -2.26. The highest BCUT2D eigenvalue weighted by Gasteiger charge is 2.28. The summed E-state index contributed by atoms with van der Waals surface area (Å²) in [5.74, 6) is 1.86. The Morgan fingerprint density at radius 1 is 1.41 bits per heavy atom. The minimum absolute atomic E-state index is 0.00958. The first-order valence-electron chi connectivity index (χ1n) is 6.35. The highest BCUT2D eigenvalue weighted by molar-refractivity contribution is 4.94. The first-order chi connectivity index (χ1) is 8.35. The standard InChI is InChI=1S/C12H21N3O2/c1-13-8-10-14-12(15-17-10)11(16-2)9-6-4-3-5-7-9/h9,11,13H,3-8H2,1-2H3.